The number of nitrogens with one attached hydrogen (secondary N) is 2. The maximum Gasteiger partial charge on any atom is 0.145 e. The van der Waals surface area contributed by atoms with Crippen LogP contribution in [0.25, 0.3) is 0 Å². The monoisotopic (exact) mass is 265 g/mol. The molecule has 1 heterocycles. The van der Waals surface area contributed by atoms with Crippen molar-refractivity contribution in [3.05, 3.63) is 11.9 Å². The normalized spacial score (nSPS) is 17.1. The zero-order valence-electron chi connectivity index (χ0n) is 11.8. The summed E-state index contributed by atoms with van der Waals surface area (Å²) < 4.78 is 0. The van der Waals surface area contributed by atoms with Crippen LogP contribution < -0.4 is 16.6 Å². The molecule has 1 saturated carbocycles. The summed E-state index contributed by atoms with van der Waals surface area (Å²) in [5.74, 6) is 7.52. The standard InChI is InChI=1S/C13H23N5O/c1-12(2,3)11-16-9(6-10(17-11)18-14)15-7-13(8-19)4-5-13/h6,19H,4-5,7-8,14H2,1-3H3,(H2,15,16,17,18). The minimum atomic E-state index is -0.141. The number of aliphatic hydroxyl groups is 1. The van der Waals surface area contributed by atoms with Crippen molar-refractivity contribution in [1.82, 2.24) is 9.97 Å². The lowest BCUT2D eigenvalue weighted by molar-refractivity contribution is 0.219. The van der Waals surface area contributed by atoms with E-state index in [-0.39, 0.29) is 17.4 Å². The molecule has 0 unspecified atom stereocenters. The summed E-state index contributed by atoms with van der Waals surface area (Å²) in [5, 5.41) is 12.6. The minimum Gasteiger partial charge on any atom is -0.396 e. The second-order valence-corrected chi connectivity index (χ2v) is 6.37. The molecule has 1 aliphatic carbocycles. The Morgan fingerprint density at radius 3 is 2.42 bits per heavy atom. The third-order valence-electron chi connectivity index (χ3n) is 3.48. The van der Waals surface area contributed by atoms with Gasteiger partial charge in [-0.3, -0.25) is 0 Å². The fourth-order valence-electron chi connectivity index (χ4n) is 1.79. The first-order valence-electron chi connectivity index (χ1n) is 6.59. The Balaban J connectivity index is 2.15. The summed E-state index contributed by atoms with van der Waals surface area (Å²) in [6.07, 6.45) is 2.13. The predicted octanol–water partition coefficient (Wildman–Crippen LogP) is 1.24. The summed E-state index contributed by atoms with van der Waals surface area (Å²) in [6, 6.07) is 1.78. The van der Waals surface area contributed by atoms with E-state index in [0.717, 1.165) is 31.0 Å². The third-order valence-corrected chi connectivity index (χ3v) is 3.48. The lowest BCUT2D eigenvalue weighted by Gasteiger charge is -2.20. The molecule has 0 saturated heterocycles. The van der Waals surface area contributed by atoms with Gasteiger partial charge in [0.2, 0.25) is 0 Å². The van der Waals surface area contributed by atoms with Gasteiger partial charge >= 0.3 is 0 Å². The first-order valence-corrected chi connectivity index (χ1v) is 6.59. The van der Waals surface area contributed by atoms with Crippen molar-refractivity contribution in [2.45, 2.75) is 39.0 Å². The van der Waals surface area contributed by atoms with E-state index in [1.807, 2.05) is 0 Å². The zero-order valence-corrected chi connectivity index (χ0v) is 11.8. The fraction of sp³-hybridized carbons (Fsp3) is 0.692. The molecule has 106 valence electrons. The molecule has 19 heavy (non-hydrogen) atoms. The van der Waals surface area contributed by atoms with Gasteiger partial charge in [-0.15, -0.1) is 0 Å². The number of aromatic nitrogens is 2. The van der Waals surface area contributed by atoms with Gasteiger partial charge in [0.1, 0.15) is 17.5 Å². The quantitative estimate of drug-likeness (QED) is 0.472. The minimum absolute atomic E-state index is 0.0448. The fourth-order valence-corrected chi connectivity index (χ4v) is 1.79. The maximum atomic E-state index is 9.31. The highest BCUT2D eigenvalue weighted by molar-refractivity contribution is 5.47. The van der Waals surface area contributed by atoms with E-state index in [0.29, 0.717) is 5.82 Å². The van der Waals surface area contributed by atoms with Crippen LogP contribution in [0.2, 0.25) is 0 Å². The SMILES string of the molecule is CC(C)(C)c1nc(NN)cc(NCC2(CO)CC2)n1. The summed E-state index contributed by atoms with van der Waals surface area (Å²) in [6.45, 7) is 7.13. The molecule has 1 aromatic rings. The van der Waals surface area contributed by atoms with Crippen LogP contribution in [-0.4, -0.2) is 28.2 Å². The Morgan fingerprint density at radius 1 is 1.32 bits per heavy atom. The molecular formula is C13H23N5O. The van der Waals surface area contributed by atoms with Crippen molar-refractivity contribution in [2.24, 2.45) is 11.3 Å². The number of nitrogens with two attached hydrogens (primary N) is 1. The van der Waals surface area contributed by atoms with E-state index in [1.54, 1.807) is 6.07 Å². The van der Waals surface area contributed by atoms with Gasteiger partial charge < -0.3 is 15.8 Å². The van der Waals surface area contributed by atoms with Crippen molar-refractivity contribution in [3.63, 3.8) is 0 Å². The number of nitrogen functional groups attached to an aromatic ring is 1. The summed E-state index contributed by atoms with van der Waals surface area (Å²) in [4.78, 5) is 8.89. The smallest absolute Gasteiger partial charge is 0.145 e. The van der Waals surface area contributed by atoms with E-state index >= 15 is 0 Å². The second kappa shape index (κ2) is 4.94. The van der Waals surface area contributed by atoms with Gasteiger partial charge in [0, 0.05) is 23.4 Å². The largest absolute Gasteiger partial charge is 0.396 e. The van der Waals surface area contributed by atoms with Crippen LogP contribution in [0.1, 0.15) is 39.4 Å². The molecule has 5 N–H and O–H groups in total. The highest BCUT2D eigenvalue weighted by Crippen LogP contribution is 2.44. The molecule has 0 atom stereocenters. The van der Waals surface area contributed by atoms with E-state index < -0.39 is 0 Å². The summed E-state index contributed by atoms with van der Waals surface area (Å²) in [7, 11) is 0. The Hall–Kier alpha value is -1.40. The topological polar surface area (TPSA) is 96.1 Å². The molecule has 0 spiro atoms. The molecule has 2 rings (SSSR count). The Kier molecular flexibility index (Phi) is 3.64. The lowest BCUT2D eigenvalue weighted by Crippen LogP contribution is -2.23. The van der Waals surface area contributed by atoms with Crippen molar-refractivity contribution in [1.29, 1.82) is 0 Å². The highest BCUT2D eigenvalue weighted by Gasteiger charge is 2.41. The van der Waals surface area contributed by atoms with E-state index in [4.69, 9.17) is 5.84 Å². The zero-order chi connectivity index (χ0) is 14.1. The van der Waals surface area contributed by atoms with Crippen molar-refractivity contribution < 1.29 is 5.11 Å². The first kappa shape index (κ1) is 14.0. The van der Waals surface area contributed by atoms with E-state index in [2.05, 4.69) is 41.5 Å². The number of anilines is 2. The number of hydrogen-bond acceptors (Lipinski definition) is 6. The predicted molar refractivity (Wildman–Crippen MR) is 75.8 cm³/mol. The van der Waals surface area contributed by atoms with Gasteiger partial charge in [-0.05, 0) is 12.8 Å². The first-order chi connectivity index (χ1) is 8.88. The Morgan fingerprint density at radius 2 is 1.95 bits per heavy atom. The van der Waals surface area contributed by atoms with Gasteiger partial charge in [-0.2, -0.15) is 0 Å². The van der Waals surface area contributed by atoms with Gasteiger partial charge in [0.15, 0.2) is 0 Å². The molecule has 1 aliphatic rings. The lowest BCUT2D eigenvalue weighted by atomic mass is 9.96. The van der Waals surface area contributed by atoms with Crippen molar-refractivity contribution >= 4 is 11.6 Å². The van der Waals surface area contributed by atoms with Crippen LogP contribution in [-0.2, 0) is 5.41 Å². The van der Waals surface area contributed by atoms with E-state index in [1.165, 1.54) is 0 Å². The van der Waals surface area contributed by atoms with Crippen LogP contribution in [0.15, 0.2) is 6.07 Å². The third kappa shape index (κ3) is 3.33. The second-order valence-electron chi connectivity index (χ2n) is 6.37. The molecule has 1 aromatic heterocycles. The van der Waals surface area contributed by atoms with Gasteiger partial charge in [0.25, 0.3) is 0 Å². The Labute approximate surface area is 113 Å². The number of hydrazine groups is 1. The van der Waals surface area contributed by atoms with Crippen LogP contribution in [0.3, 0.4) is 0 Å². The van der Waals surface area contributed by atoms with E-state index in [9.17, 15) is 5.11 Å². The van der Waals surface area contributed by atoms with Crippen LogP contribution in [0, 0.1) is 5.41 Å². The van der Waals surface area contributed by atoms with Crippen molar-refractivity contribution in [3.8, 4) is 0 Å². The summed E-state index contributed by atoms with van der Waals surface area (Å²) >= 11 is 0. The molecule has 6 nitrogen and oxygen atoms in total. The van der Waals surface area contributed by atoms with Gasteiger partial charge in [-0.25, -0.2) is 15.8 Å². The number of hydrogen-bond donors (Lipinski definition) is 4. The number of rotatable bonds is 5. The Bertz CT molecular complexity index is 451. The van der Waals surface area contributed by atoms with Crippen LogP contribution in [0.5, 0.6) is 0 Å². The molecule has 0 aromatic carbocycles. The average molecular weight is 265 g/mol. The maximum absolute atomic E-state index is 9.31. The van der Waals surface area contributed by atoms with Crippen molar-refractivity contribution in [2.75, 3.05) is 23.9 Å². The van der Waals surface area contributed by atoms with Crippen LogP contribution >= 0.6 is 0 Å². The number of aliphatic hydroxyl groups excluding tert-OH is 1. The van der Waals surface area contributed by atoms with Gasteiger partial charge in [0.05, 0.1) is 6.61 Å². The molecule has 0 bridgehead atoms. The van der Waals surface area contributed by atoms with Crippen LogP contribution in [0.4, 0.5) is 11.6 Å². The molecule has 0 aliphatic heterocycles. The summed E-state index contributed by atoms with van der Waals surface area (Å²) in [5.41, 5.74) is 2.47. The molecule has 6 heteroatoms. The molecular weight excluding hydrogens is 242 g/mol. The molecule has 1 fully saturated rings. The molecule has 0 radical (unpaired) electrons. The highest BCUT2D eigenvalue weighted by atomic mass is 16.3. The van der Waals surface area contributed by atoms with Gasteiger partial charge in [-0.1, -0.05) is 20.8 Å². The molecule has 0 amide bonds. The number of nitrogens with zero attached hydrogens (tertiary/aromatic N) is 2. The average Bonchev–Trinajstić information content (AvgIpc) is 3.15.